The third-order valence-corrected chi connectivity index (χ3v) is 2.88. The van der Waals surface area contributed by atoms with Crippen molar-refractivity contribution in [2.75, 3.05) is 18.4 Å². The smallest absolute Gasteiger partial charge is 0.0967 e. The number of alkyl halides is 2. The monoisotopic (exact) mass is 274 g/mol. The van der Waals surface area contributed by atoms with Gasteiger partial charge in [0.15, 0.2) is 0 Å². The van der Waals surface area contributed by atoms with Gasteiger partial charge in [0.1, 0.15) is 0 Å². The first-order chi connectivity index (χ1) is 8.26. The lowest BCUT2D eigenvalue weighted by atomic mass is 10.1. The first kappa shape index (κ1) is 14.8. The van der Waals surface area contributed by atoms with Crippen molar-refractivity contribution in [2.24, 2.45) is 5.73 Å². The fourth-order valence-corrected chi connectivity index (χ4v) is 1.95. The fourth-order valence-electron chi connectivity index (χ4n) is 1.95. The quantitative estimate of drug-likeness (QED) is 0.841. The van der Waals surface area contributed by atoms with Crippen LogP contribution in [0, 0.1) is 0 Å². The Morgan fingerprint density at radius 3 is 2.18 bits per heavy atom. The molecular formula is C13H20Cl2N2. The van der Waals surface area contributed by atoms with E-state index in [1.165, 1.54) is 5.56 Å². The summed E-state index contributed by atoms with van der Waals surface area (Å²) in [4.78, 5) is 2.48. The second-order valence-corrected chi connectivity index (χ2v) is 5.01. The highest BCUT2D eigenvalue weighted by Gasteiger charge is 2.15. The highest BCUT2D eigenvalue weighted by molar-refractivity contribution is 6.40. The van der Waals surface area contributed by atoms with Crippen LogP contribution in [0.2, 0.25) is 0 Å². The molecule has 1 aliphatic heterocycles. The average molecular weight is 275 g/mol. The molecule has 0 radical (unpaired) electrons. The fraction of sp³-hybridized carbons (Fsp3) is 0.538. The van der Waals surface area contributed by atoms with Gasteiger partial charge in [-0.3, -0.25) is 4.90 Å². The zero-order chi connectivity index (χ0) is 12.5. The van der Waals surface area contributed by atoms with E-state index in [2.05, 4.69) is 35.2 Å². The van der Waals surface area contributed by atoms with Crippen molar-refractivity contribution in [1.82, 2.24) is 4.90 Å². The van der Waals surface area contributed by atoms with E-state index in [1.807, 2.05) is 0 Å². The minimum absolute atomic E-state index is 0.194. The number of piperidine rings is 1. The molecule has 0 aromatic heterocycles. The Balaban J connectivity index is 0.000000437. The summed E-state index contributed by atoms with van der Waals surface area (Å²) in [5.74, 6) is 0. The van der Waals surface area contributed by atoms with Crippen LogP contribution in [0.5, 0.6) is 0 Å². The van der Waals surface area contributed by atoms with Gasteiger partial charge in [-0.05, 0) is 31.5 Å². The van der Waals surface area contributed by atoms with Crippen LogP contribution in [-0.2, 0) is 6.54 Å². The predicted molar refractivity (Wildman–Crippen MR) is 75.5 cm³/mol. The lowest BCUT2D eigenvalue weighted by Crippen LogP contribution is -2.39. The molecule has 2 N–H and O–H groups in total. The standard InChI is InChI=1S/C12H18N2.CH2Cl2/c13-12-6-8-14(9-7-12)10-11-4-2-1-3-5-11;2-1-3/h1-5,12H,6-10,13H2;1H2. The van der Waals surface area contributed by atoms with Crippen molar-refractivity contribution in [2.45, 2.75) is 25.4 Å². The molecule has 0 aliphatic carbocycles. The Morgan fingerprint density at radius 2 is 1.65 bits per heavy atom. The molecule has 2 nitrogen and oxygen atoms in total. The number of likely N-dealkylation sites (tertiary alicyclic amines) is 1. The molecule has 96 valence electrons. The number of benzene rings is 1. The summed E-state index contributed by atoms with van der Waals surface area (Å²) in [6, 6.07) is 11.1. The summed E-state index contributed by atoms with van der Waals surface area (Å²) in [5, 5.41) is 0.194. The molecule has 0 spiro atoms. The molecule has 4 heteroatoms. The Labute approximate surface area is 114 Å². The lowest BCUT2D eigenvalue weighted by Gasteiger charge is -2.29. The van der Waals surface area contributed by atoms with Crippen LogP contribution in [-0.4, -0.2) is 29.4 Å². The maximum absolute atomic E-state index is 5.86. The highest BCUT2D eigenvalue weighted by atomic mass is 35.5. The van der Waals surface area contributed by atoms with E-state index in [4.69, 9.17) is 28.9 Å². The first-order valence-corrected chi connectivity index (χ1v) is 6.97. The van der Waals surface area contributed by atoms with Gasteiger partial charge in [0.2, 0.25) is 0 Å². The van der Waals surface area contributed by atoms with E-state index in [9.17, 15) is 0 Å². The first-order valence-electron chi connectivity index (χ1n) is 5.90. The van der Waals surface area contributed by atoms with Crippen molar-refractivity contribution in [3.8, 4) is 0 Å². The maximum atomic E-state index is 5.86. The molecule has 1 heterocycles. The minimum atomic E-state index is 0.194. The Morgan fingerprint density at radius 1 is 1.12 bits per heavy atom. The predicted octanol–water partition coefficient (Wildman–Crippen LogP) is 3.03. The number of nitrogens with two attached hydrogens (primary N) is 1. The molecule has 1 aliphatic rings. The minimum Gasteiger partial charge on any atom is -0.328 e. The third kappa shape index (κ3) is 6.27. The Bertz CT molecular complexity index is 285. The molecule has 0 amide bonds. The van der Waals surface area contributed by atoms with Crippen LogP contribution in [0.1, 0.15) is 18.4 Å². The molecule has 0 unspecified atom stereocenters. The van der Waals surface area contributed by atoms with Gasteiger partial charge in [-0.15, -0.1) is 23.2 Å². The van der Waals surface area contributed by atoms with Crippen molar-refractivity contribution in [3.05, 3.63) is 35.9 Å². The molecular weight excluding hydrogens is 255 g/mol. The molecule has 2 rings (SSSR count). The summed E-state index contributed by atoms with van der Waals surface area (Å²) in [6.45, 7) is 3.37. The SMILES string of the molecule is ClCCl.NC1CCN(Cc2ccccc2)CC1. The second-order valence-electron chi connectivity index (χ2n) is 4.20. The molecule has 1 aromatic carbocycles. The van der Waals surface area contributed by atoms with E-state index in [0.717, 1.165) is 32.5 Å². The maximum Gasteiger partial charge on any atom is 0.0967 e. The molecule has 1 fully saturated rings. The van der Waals surface area contributed by atoms with Gasteiger partial charge in [-0.2, -0.15) is 0 Å². The molecule has 1 saturated heterocycles. The molecule has 0 saturated carbocycles. The van der Waals surface area contributed by atoms with Gasteiger partial charge < -0.3 is 5.73 Å². The van der Waals surface area contributed by atoms with Crippen LogP contribution in [0.3, 0.4) is 0 Å². The van der Waals surface area contributed by atoms with E-state index >= 15 is 0 Å². The van der Waals surface area contributed by atoms with Gasteiger partial charge in [0.25, 0.3) is 0 Å². The zero-order valence-corrected chi connectivity index (χ0v) is 11.5. The molecule has 0 bridgehead atoms. The normalized spacial score (nSPS) is 17.4. The summed E-state index contributed by atoms with van der Waals surface area (Å²) >= 11 is 9.53. The topological polar surface area (TPSA) is 29.3 Å². The van der Waals surface area contributed by atoms with Gasteiger partial charge >= 0.3 is 0 Å². The molecule has 17 heavy (non-hydrogen) atoms. The van der Waals surface area contributed by atoms with Gasteiger partial charge in [-0.25, -0.2) is 0 Å². The number of hydrogen-bond donors (Lipinski definition) is 1. The zero-order valence-electron chi connectivity index (χ0n) is 9.99. The highest BCUT2D eigenvalue weighted by Crippen LogP contribution is 2.11. The van der Waals surface area contributed by atoms with E-state index < -0.39 is 0 Å². The number of rotatable bonds is 2. The second kappa shape index (κ2) is 8.76. The average Bonchev–Trinajstić information content (AvgIpc) is 2.35. The van der Waals surface area contributed by atoms with Gasteiger partial charge in [0.05, 0.1) is 5.34 Å². The van der Waals surface area contributed by atoms with Gasteiger partial charge in [-0.1, -0.05) is 30.3 Å². The van der Waals surface area contributed by atoms with Crippen LogP contribution < -0.4 is 5.73 Å². The van der Waals surface area contributed by atoms with E-state index in [0.29, 0.717) is 6.04 Å². The van der Waals surface area contributed by atoms with Crippen LogP contribution in [0.25, 0.3) is 0 Å². The third-order valence-electron chi connectivity index (χ3n) is 2.88. The summed E-state index contributed by atoms with van der Waals surface area (Å²) in [5.41, 5.74) is 7.27. The van der Waals surface area contributed by atoms with Gasteiger partial charge in [0, 0.05) is 12.6 Å². The number of halogens is 2. The van der Waals surface area contributed by atoms with E-state index in [1.54, 1.807) is 0 Å². The van der Waals surface area contributed by atoms with Crippen molar-refractivity contribution in [3.63, 3.8) is 0 Å². The van der Waals surface area contributed by atoms with Crippen LogP contribution >= 0.6 is 23.2 Å². The van der Waals surface area contributed by atoms with E-state index in [-0.39, 0.29) is 5.34 Å². The van der Waals surface area contributed by atoms with Crippen molar-refractivity contribution in [1.29, 1.82) is 0 Å². The van der Waals surface area contributed by atoms with Crippen molar-refractivity contribution < 1.29 is 0 Å². The number of hydrogen-bond acceptors (Lipinski definition) is 2. The Hall–Kier alpha value is -0.280. The molecule has 0 atom stereocenters. The molecule has 1 aromatic rings. The summed E-state index contributed by atoms with van der Waals surface area (Å²) < 4.78 is 0. The largest absolute Gasteiger partial charge is 0.328 e. The summed E-state index contributed by atoms with van der Waals surface area (Å²) in [6.07, 6.45) is 2.29. The number of nitrogens with zero attached hydrogens (tertiary/aromatic N) is 1. The summed E-state index contributed by atoms with van der Waals surface area (Å²) in [7, 11) is 0. The van der Waals surface area contributed by atoms with Crippen LogP contribution in [0.4, 0.5) is 0 Å². The van der Waals surface area contributed by atoms with Crippen LogP contribution in [0.15, 0.2) is 30.3 Å². The Kier molecular flexibility index (Phi) is 7.62. The van der Waals surface area contributed by atoms with Crippen molar-refractivity contribution >= 4 is 23.2 Å². The lowest BCUT2D eigenvalue weighted by molar-refractivity contribution is 0.205.